The fourth-order valence-electron chi connectivity index (χ4n) is 1.57. The SMILES string of the molecule is FC(F)(F)c1ccccc1NC1(CCl)CC1. The van der Waals surface area contributed by atoms with E-state index >= 15 is 0 Å². The number of halogens is 4. The summed E-state index contributed by atoms with van der Waals surface area (Å²) in [5.74, 6) is 0.333. The Morgan fingerprint density at radius 3 is 2.38 bits per heavy atom. The van der Waals surface area contributed by atoms with E-state index in [1.165, 1.54) is 12.1 Å². The van der Waals surface area contributed by atoms with Crippen LogP contribution >= 0.6 is 11.6 Å². The van der Waals surface area contributed by atoms with Crippen LogP contribution in [0.1, 0.15) is 18.4 Å². The number of benzene rings is 1. The number of hydrogen-bond donors (Lipinski definition) is 1. The highest BCUT2D eigenvalue weighted by atomic mass is 35.5. The molecule has 0 aromatic heterocycles. The van der Waals surface area contributed by atoms with Crippen molar-refractivity contribution in [1.29, 1.82) is 0 Å². The van der Waals surface area contributed by atoms with Crippen molar-refractivity contribution in [3.05, 3.63) is 29.8 Å². The summed E-state index contributed by atoms with van der Waals surface area (Å²) in [6, 6.07) is 5.48. The molecule has 0 aliphatic heterocycles. The molecule has 1 aromatic rings. The highest BCUT2D eigenvalue weighted by molar-refractivity contribution is 6.19. The second-order valence-corrected chi connectivity index (χ2v) is 4.35. The maximum absolute atomic E-state index is 12.7. The zero-order valence-electron chi connectivity index (χ0n) is 8.44. The molecule has 0 atom stereocenters. The van der Waals surface area contributed by atoms with Gasteiger partial charge in [0.1, 0.15) is 0 Å². The molecule has 1 aliphatic rings. The van der Waals surface area contributed by atoms with Crippen molar-refractivity contribution in [2.24, 2.45) is 0 Å². The Labute approximate surface area is 96.6 Å². The highest BCUT2D eigenvalue weighted by Crippen LogP contribution is 2.43. The first-order valence-corrected chi connectivity index (χ1v) is 5.51. The number of rotatable bonds is 3. The van der Waals surface area contributed by atoms with Gasteiger partial charge >= 0.3 is 6.18 Å². The first-order chi connectivity index (χ1) is 7.47. The Morgan fingerprint density at radius 1 is 1.25 bits per heavy atom. The molecule has 0 heterocycles. The lowest BCUT2D eigenvalue weighted by Crippen LogP contribution is -2.25. The molecule has 0 bridgehead atoms. The van der Waals surface area contributed by atoms with Crippen LogP contribution in [0.2, 0.25) is 0 Å². The van der Waals surface area contributed by atoms with Gasteiger partial charge in [0.05, 0.1) is 11.1 Å². The van der Waals surface area contributed by atoms with Gasteiger partial charge in [-0.3, -0.25) is 0 Å². The minimum atomic E-state index is -4.33. The van der Waals surface area contributed by atoms with E-state index in [9.17, 15) is 13.2 Å². The molecule has 88 valence electrons. The molecule has 0 radical (unpaired) electrons. The van der Waals surface area contributed by atoms with E-state index in [4.69, 9.17) is 11.6 Å². The Balaban J connectivity index is 2.27. The topological polar surface area (TPSA) is 12.0 Å². The van der Waals surface area contributed by atoms with E-state index in [0.717, 1.165) is 18.9 Å². The second kappa shape index (κ2) is 3.84. The molecular weight excluding hydrogens is 239 g/mol. The number of hydrogen-bond acceptors (Lipinski definition) is 1. The molecule has 0 spiro atoms. The van der Waals surface area contributed by atoms with E-state index in [0.29, 0.717) is 5.88 Å². The Hall–Kier alpha value is -0.900. The summed E-state index contributed by atoms with van der Waals surface area (Å²) in [5, 5.41) is 2.90. The molecule has 0 amide bonds. The van der Waals surface area contributed by atoms with Crippen LogP contribution in [0.3, 0.4) is 0 Å². The monoisotopic (exact) mass is 249 g/mol. The van der Waals surface area contributed by atoms with Crippen molar-refractivity contribution < 1.29 is 13.2 Å². The first kappa shape index (κ1) is 11.6. The zero-order valence-corrected chi connectivity index (χ0v) is 9.20. The van der Waals surface area contributed by atoms with Gasteiger partial charge in [-0.15, -0.1) is 11.6 Å². The third-order valence-electron chi connectivity index (χ3n) is 2.74. The summed E-state index contributed by atoms with van der Waals surface area (Å²) >= 11 is 5.73. The molecule has 5 heteroatoms. The van der Waals surface area contributed by atoms with Gasteiger partial charge in [0.15, 0.2) is 0 Å². The maximum atomic E-state index is 12.7. The minimum absolute atomic E-state index is 0.119. The Morgan fingerprint density at radius 2 is 1.88 bits per heavy atom. The van der Waals surface area contributed by atoms with Gasteiger partial charge in [-0.25, -0.2) is 0 Å². The van der Waals surface area contributed by atoms with Crippen LogP contribution in [0.5, 0.6) is 0 Å². The predicted octanol–water partition coefficient (Wildman–Crippen LogP) is 3.89. The van der Waals surface area contributed by atoms with E-state index in [2.05, 4.69) is 5.32 Å². The van der Waals surface area contributed by atoms with Crippen LogP contribution in [0.25, 0.3) is 0 Å². The van der Waals surface area contributed by atoms with E-state index < -0.39 is 11.7 Å². The maximum Gasteiger partial charge on any atom is 0.418 e. The van der Waals surface area contributed by atoms with Crippen molar-refractivity contribution in [2.75, 3.05) is 11.2 Å². The van der Waals surface area contributed by atoms with Gasteiger partial charge in [0, 0.05) is 11.6 Å². The molecule has 1 aromatic carbocycles. The van der Waals surface area contributed by atoms with Crippen LogP contribution in [-0.4, -0.2) is 11.4 Å². The summed E-state index contributed by atoms with van der Waals surface area (Å²) in [7, 11) is 0. The highest BCUT2D eigenvalue weighted by Gasteiger charge is 2.43. The van der Waals surface area contributed by atoms with Crippen LogP contribution in [0.4, 0.5) is 18.9 Å². The smallest absolute Gasteiger partial charge is 0.378 e. The van der Waals surface area contributed by atoms with Crippen molar-refractivity contribution in [2.45, 2.75) is 24.6 Å². The summed E-state index contributed by atoms with van der Waals surface area (Å²) in [4.78, 5) is 0. The standard InChI is InChI=1S/C11H11ClF3N/c12-7-10(5-6-10)16-9-4-2-1-3-8(9)11(13,14)15/h1-4,16H,5-7H2. The molecule has 16 heavy (non-hydrogen) atoms. The number of anilines is 1. The Bertz CT molecular complexity index is 385. The van der Waals surface area contributed by atoms with Crippen LogP contribution in [0.15, 0.2) is 24.3 Å². The average molecular weight is 250 g/mol. The van der Waals surface area contributed by atoms with Crippen molar-refractivity contribution >= 4 is 17.3 Å². The summed E-state index contributed by atoms with van der Waals surface area (Å²) in [6.07, 6.45) is -2.68. The zero-order chi connectivity index (χ0) is 11.8. The fourth-order valence-corrected chi connectivity index (χ4v) is 1.90. The molecule has 1 saturated carbocycles. The van der Waals surface area contributed by atoms with E-state index in [-0.39, 0.29) is 11.2 Å². The lowest BCUT2D eigenvalue weighted by atomic mass is 10.1. The molecule has 0 unspecified atom stereocenters. The number of alkyl halides is 4. The quantitative estimate of drug-likeness (QED) is 0.802. The van der Waals surface area contributed by atoms with E-state index in [1.54, 1.807) is 6.07 Å². The predicted molar refractivity (Wildman–Crippen MR) is 57.8 cm³/mol. The van der Waals surface area contributed by atoms with Gasteiger partial charge in [-0.1, -0.05) is 12.1 Å². The van der Waals surface area contributed by atoms with Crippen LogP contribution in [0, 0.1) is 0 Å². The summed E-state index contributed by atoms with van der Waals surface area (Å²) < 4.78 is 38.0. The largest absolute Gasteiger partial charge is 0.418 e. The summed E-state index contributed by atoms with van der Waals surface area (Å²) in [5.41, 5.74) is -0.845. The molecule has 0 saturated heterocycles. The lowest BCUT2D eigenvalue weighted by molar-refractivity contribution is -0.137. The molecular formula is C11H11ClF3N. The Kier molecular flexibility index (Phi) is 2.78. The number of para-hydroxylation sites is 1. The first-order valence-electron chi connectivity index (χ1n) is 4.97. The lowest BCUT2D eigenvalue weighted by Gasteiger charge is -2.19. The van der Waals surface area contributed by atoms with Crippen LogP contribution in [-0.2, 0) is 6.18 Å². The van der Waals surface area contributed by atoms with Crippen molar-refractivity contribution in [1.82, 2.24) is 0 Å². The van der Waals surface area contributed by atoms with E-state index in [1.807, 2.05) is 0 Å². The van der Waals surface area contributed by atoms with Crippen molar-refractivity contribution in [3.8, 4) is 0 Å². The van der Waals surface area contributed by atoms with Gasteiger partial charge in [0.2, 0.25) is 0 Å². The van der Waals surface area contributed by atoms with Gasteiger partial charge < -0.3 is 5.32 Å². The van der Waals surface area contributed by atoms with Crippen molar-refractivity contribution in [3.63, 3.8) is 0 Å². The van der Waals surface area contributed by atoms with Gasteiger partial charge in [0.25, 0.3) is 0 Å². The fraction of sp³-hybridized carbons (Fsp3) is 0.455. The summed E-state index contributed by atoms with van der Waals surface area (Å²) in [6.45, 7) is 0. The minimum Gasteiger partial charge on any atom is -0.378 e. The van der Waals surface area contributed by atoms with Gasteiger partial charge in [-0.2, -0.15) is 13.2 Å². The third kappa shape index (κ3) is 2.26. The van der Waals surface area contributed by atoms with Crippen LogP contribution < -0.4 is 5.32 Å². The molecule has 1 aliphatic carbocycles. The normalized spacial score (nSPS) is 18.2. The average Bonchev–Trinajstić information content (AvgIpc) is 2.98. The molecule has 1 nitrogen and oxygen atoms in total. The second-order valence-electron chi connectivity index (χ2n) is 4.08. The molecule has 1 fully saturated rings. The third-order valence-corrected chi connectivity index (χ3v) is 3.25. The van der Waals surface area contributed by atoms with Gasteiger partial charge in [-0.05, 0) is 25.0 Å². The molecule has 2 rings (SSSR count). The number of nitrogens with one attached hydrogen (secondary N) is 1. The molecule has 1 N–H and O–H groups in total.